The topological polar surface area (TPSA) is 99.4 Å². The Hall–Kier alpha value is -2.94. The summed E-state index contributed by atoms with van der Waals surface area (Å²) in [5.41, 5.74) is 1.10. The van der Waals surface area contributed by atoms with Crippen LogP contribution in [0.1, 0.15) is 21.1 Å². The average molecular weight is 360 g/mol. The largest absolute Gasteiger partial charge is 0.493 e. The molecule has 9 heteroatoms. The molecule has 0 bridgehead atoms. The van der Waals surface area contributed by atoms with Crippen LogP contribution in [0, 0.1) is 13.8 Å². The second-order valence-electron chi connectivity index (χ2n) is 5.05. The van der Waals surface area contributed by atoms with Crippen molar-refractivity contribution in [3.05, 3.63) is 34.5 Å². The quantitative estimate of drug-likeness (QED) is 0.746. The maximum atomic E-state index is 12.5. The third-order valence-electron chi connectivity index (χ3n) is 3.39. The smallest absolute Gasteiger partial charge is 0.322 e. The first-order valence-electron chi connectivity index (χ1n) is 7.33. The molecule has 2 heterocycles. The monoisotopic (exact) mass is 360 g/mol. The van der Waals surface area contributed by atoms with Gasteiger partial charge in [-0.1, -0.05) is 11.2 Å². The molecule has 25 heavy (non-hydrogen) atoms. The molecule has 130 valence electrons. The van der Waals surface area contributed by atoms with Gasteiger partial charge in [0.25, 0.3) is 11.8 Å². The van der Waals surface area contributed by atoms with Gasteiger partial charge in [0.2, 0.25) is 0 Å². The fourth-order valence-electron chi connectivity index (χ4n) is 2.33. The van der Waals surface area contributed by atoms with Crippen LogP contribution >= 0.6 is 11.3 Å². The molecule has 3 aromatic rings. The molecule has 0 aliphatic heterocycles. The number of benzene rings is 1. The Morgan fingerprint density at radius 3 is 2.64 bits per heavy atom. The number of nitrogens with one attached hydrogen (secondary N) is 1. The fourth-order valence-corrected chi connectivity index (χ4v) is 3.17. The molecule has 8 nitrogen and oxygen atoms in total. The molecule has 0 saturated carbocycles. The number of anilines is 1. The Morgan fingerprint density at radius 2 is 2.00 bits per heavy atom. The maximum Gasteiger partial charge on any atom is 0.322 e. The van der Waals surface area contributed by atoms with E-state index >= 15 is 0 Å². The first kappa shape index (κ1) is 16.9. The molecule has 1 aromatic carbocycles. The highest BCUT2D eigenvalue weighted by Crippen LogP contribution is 2.32. The van der Waals surface area contributed by atoms with Crippen LogP contribution in [0.15, 0.2) is 22.6 Å². The Morgan fingerprint density at radius 1 is 1.20 bits per heavy atom. The maximum absolute atomic E-state index is 12.5. The van der Waals surface area contributed by atoms with E-state index in [9.17, 15) is 4.79 Å². The number of nitrogens with zero attached hydrogens (tertiary/aromatic N) is 3. The van der Waals surface area contributed by atoms with Crippen molar-refractivity contribution >= 4 is 23.3 Å². The van der Waals surface area contributed by atoms with Crippen molar-refractivity contribution < 1.29 is 18.7 Å². The van der Waals surface area contributed by atoms with Crippen LogP contribution in [0.2, 0.25) is 0 Å². The molecule has 0 saturated heterocycles. The molecular formula is C16H16N4O4S. The van der Waals surface area contributed by atoms with Gasteiger partial charge in [-0.3, -0.25) is 10.1 Å². The van der Waals surface area contributed by atoms with E-state index in [4.69, 9.17) is 13.9 Å². The first-order valence-corrected chi connectivity index (χ1v) is 8.15. The van der Waals surface area contributed by atoms with E-state index < -0.39 is 5.91 Å². The molecule has 0 radical (unpaired) electrons. The minimum absolute atomic E-state index is 0.00433. The van der Waals surface area contributed by atoms with E-state index in [1.807, 2.05) is 13.8 Å². The number of aromatic nitrogens is 3. The van der Waals surface area contributed by atoms with Gasteiger partial charge < -0.3 is 13.9 Å². The van der Waals surface area contributed by atoms with Crippen LogP contribution in [0.4, 0.5) is 6.01 Å². The summed E-state index contributed by atoms with van der Waals surface area (Å²) >= 11 is 1.45. The number of rotatable bonds is 5. The molecule has 0 spiro atoms. The number of amides is 1. The van der Waals surface area contributed by atoms with Crippen LogP contribution in [-0.4, -0.2) is 35.3 Å². The van der Waals surface area contributed by atoms with Gasteiger partial charge in [-0.05, 0) is 26.0 Å². The number of para-hydroxylation sites is 1. The van der Waals surface area contributed by atoms with Crippen molar-refractivity contribution in [2.75, 3.05) is 19.5 Å². The molecule has 0 aliphatic rings. The number of aryl methyl sites for hydroxylation is 2. The van der Waals surface area contributed by atoms with Gasteiger partial charge in [-0.25, -0.2) is 4.98 Å². The van der Waals surface area contributed by atoms with Gasteiger partial charge in [0.1, 0.15) is 4.88 Å². The van der Waals surface area contributed by atoms with Crippen LogP contribution in [0.5, 0.6) is 11.5 Å². The fraction of sp³-hybridized carbons (Fsp3) is 0.250. The second-order valence-corrected chi connectivity index (χ2v) is 6.26. The van der Waals surface area contributed by atoms with Crippen LogP contribution in [0.25, 0.3) is 10.8 Å². The lowest BCUT2D eigenvalue weighted by Crippen LogP contribution is -2.13. The standard InChI is InChI=1S/C16H16N4O4S/c1-8-13(25-9(2)17-8)15-19-20-16(24-15)18-14(21)10-6-5-7-11(22-3)12(10)23-4/h5-7H,1-4H3,(H,18,20,21). The third-order valence-corrected chi connectivity index (χ3v) is 4.45. The highest BCUT2D eigenvalue weighted by atomic mass is 32.1. The predicted molar refractivity (Wildman–Crippen MR) is 92.4 cm³/mol. The van der Waals surface area contributed by atoms with Gasteiger partial charge in [0.05, 0.1) is 30.5 Å². The molecule has 1 amide bonds. The number of carbonyl (C=O) groups is 1. The summed E-state index contributed by atoms with van der Waals surface area (Å²) in [4.78, 5) is 17.6. The number of hydrogen-bond donors (Lipinski definition) is 1. The zero-order valence-corrected chi connectivity index (χ0v) is 14.9. The van der Waals surface area contributed by atoms with Crippen molar-refractivity contribution in [3.8, 4) is 22.3 Å². The van der Waals surface area contributed by atoms with Gasteiger partial charge in [0, 0.05) is 0 Å². The van der Waals surface area contributed by atoms with E-state index in [-0.39, 0.29) is 6.01 Å². The van der Waals surface area contributed by atoms with Crippen LogP contribution in [-0.2, 0) is 0 Å². The molecular weight excluding hydrogens is 344 g/mol. The van der Waals surface area contributed by atoms with Gasteiger partial charge in [-0.2, -0.15) is 0 Å². The molecule has 2 aromatic heterocycles. The summed E-state index contributed by atoms with van der Waals surface area (Å²) in [6.45, 7) is 3.76. The van der Waals surface area contributed by atoms with Crippen molar-refractivity contribution in [1.29, 1.82) is 0 Å². The van der Waals surface area contributed by atoms with Crippen LogP contribution in [0.3, 0.4) is 0 Å². The Bertz CT molecular complexity index is 919. The van der Waals surface area contributed by atoms with Crippen molar-refractivity contribution in [2.45, 2.75) is 13.8 Å². The lowest BCUT2D eigenvalue weighted by atomic mass is 10.1. The Kier molecular flexibility index (Phi) is 4.66. The summed E-state index contributed by atoms with van der Waals surface area (Å²) in [5.74, 6) is 0.660. The molecule has 0 atom stereocenters. The zero-order valence-electron chi connectivity index (χ0n) is 14.1. The SMILES string of the molecule is COc1cccc(C(=O)Nc2nnc(-c3sc(C)nc3C)o2)c1OC. The lowest BCUT2D eigenvalue weighted by molar-refractivity contribution is 0.102. The molecule has 0 fully saturated rings. The van der Waals surface area contributed by atoms with Crippen molar-refractivity contribution in [1.82, 2.24) is 15.2 Å². The zero-order chi connectivity index (χ0) is 18.0. The summed E-state index contributed by atoms with van der Waals surface area (Å²) in [6, 6.07) is 5.01. The minimum Gasteiger partial charge on any atom is -0.493 e. The summed E-state index contributed by atoms with van der Waals surface area (Å²) in [6.07, 6.45) is 0. The molecule has 0 unspecified atom stereocenters. The summed E-state index contributed by atoms with van der Waals surface area (Å²) in [5, 5.41) is 11.3. The normalized spacial score (nSPS) is 10.6. The van der Waals surface area contributed by atoms with Crippen molar-refractivity contribution in [2.24, 2.45) is 0 Å². The lowest BCUT2D eigenvalue weighted by Gasteiger charge is -2.11. The highest BCUT2D eigenvalue weighted by molar-refractivity contribution is 7.15. The van der Waals surface area contributed by atoms with E-state index in [0.29, 0.717) is 23.0 Å². The third kappa shape index (κ3) is 3.31. The van der Waals surface area contributed by atoms with E-state index in [1.165, 1.54) is 25.6 Å². The minimum atomic E-state index is -0.442. The Balaban J connectivity index is 1.84. The van der Waals surface area contributed by atoms with Gasteiger partial charge in [0.15, 0.2) is 11.5 Å². The summed E-state index contributed by atoms with van der Waals surface area (Å²) < 4.78 is 16.0. The average Bonchev–Trinajstić information content (AvgIpc) is 3.19. The molecule has 3 rings (SSSR count). The van der Waals surface area contributed by atoms with Gasteiger partial charge in [-0.15, -0.1) is 16.4 Å². The molecule has 0 aliphatic carbocycles. The van der Waals surface area contributed by atoms with Crippen LogP contribution < -0.4 is 14.8 Å². The number of ether oxygens (including phenoxy) is 2. The van der Waals surface area contributed by atoms with E-state index in [1.54, 1.807) is 18.2 Å². The second kappa shape index (κ2) is 6.89. The summed E-state index contributed by atoms with van der Waals surface area (Å²) in [7, 11) is 2.97. The van der Waals surface area contributed by atoms with E-state index in [2.05, 4.69) is 20.5 Å². The molecule has 1 N–H and O–H groups in total. The number of carbonyl (C=O) groups excluding carboxylic acids is 1. The predicted octanol–water partition coefficient (Wildman–Crippen LogP) is 3.08. The number of methoxy groups -OCH3 is 2. The number of thiazole rings is 1. The highest BCUT2D eigenvalue weighted by Gasteiger charge is 2.20. The van der Waals surface area contributed by atoms with E-state index in [0.717, 1.165) is 15.6 Å². The number of hydrogen-bond acceptors (Lipinski definition) is 8. The van der Waals surface area contributed by atoms with Gasteiger partial charge >= 0.3 is 6.01 Å². The first-order chi connectivity index (χ1) is 12.0. The van der Waals surface area contributed by atoms with Crippen molar-refractivity contribution in [3.63, 3.8) is 0 Å². The Labute approximate surface area is 147 Å².